The zero-order valence-corrected chi connectivity index (χ0v) is 11.2. The smallest absolute Gasteiger partial charge is 0.151 e. The van der Waals surface area contributed by atoms with Gasteiger partial charge >= 0.3 is 0 Å². The predicted molar refractivity (Wildman–Crippen MR) is 73.7 cm³/mol. The average molecular weight is 258 g/mol. The molecule has 0 aliphatic carbocycles. The second-order valence-electron chi connectivity index (χ2n) is 3.94. The lowest BCUT2D eigenvalue weighted by Gasteiger charge is -2.07. The van der Waals surface area contributed by atoms with Crippen LogP contribution < -0.4 is 4.74 Å². The first-order valence-electron chi connectivity index (χ1n) is 5.60. The zero-order chi connectivity index (χ0) is 13.0. The molecule has 0 amide bonds. The van der Waals surface area contributed by atoms with E-state index in [2.05, 4.69) is 19.1 Å². The summed E-state index contributed by atoms with van der Waals surface area (Å²) < 4.78 is 5.18. The number of carbonyl (C=O) groups is 1. The van der Waals surface area contributed by atoms with Gasteiger partial charge in [0.25, 0.3) is 0 Å². The molecule has 0 fully saturated rings. The number of aryl methyl sites for hydroxylation is 1. The summed E-state index contributed by atoms with van der Waals surface area (Å²) in [5.74, 6) is 0.759. The van der Waals surface area contributed by atoms with Gasteiger partial charge in [0, 0.05) is 15.4 Å². The van der Waals surface area contributed by atoms with Gasteiger partial charge in [0.1, 0.15) is 5.75 Å². The van der Waals surface area contributed by atoms with Crippen molar-refractivity contribution in [2.45, 2.75) is 16.7 Å². The average Bonchev–Trinajstić information content (AvgIpc) is 2.41. The molecular formula is C15H14O2S. The highest BCUT2D eigenvalue weighted by Crippen LogP contribution is 2.32. The Balaban J connectivity index is 2.31. The second kappa shape index (κ2) is 5.74. The van der Waals surface area contributed by atoms with Gasteiger partial charge in [-0.15, -0.1) is 0 Å². The highest BCUT2D eigenvalue weighted by molar-refractivity contribution is 7.99. The van der Waals surface area contributed by atoms with Crippen molar-refractivity contribution in [1.29, 1.82) is 0 Å². The van der Waals surface area contributed by atoms with Crippen LogP contribution >= 0.6 is 11.8 Å². The van der Waals surface area contributed by atoms with Crippen LogP contribution in [0.5, 0.6) is 5.75 Å². The van der Waals surface area contributed by atoms with Crippen molar-refractivity contribution in [3.8, 4) is 5.75 Å². The SMILES string of the molecule is COc1ccc(C=O)c(Sc2ccc(C)cc2)c1. The minimum atomic E-state index is 0.682. The lowest BCUT2D eigenvalue weighted by molar-refractivity contribution is 0.112. The lowest BCUT2D eigenvalue weighted by atomic mass is 10.2. The maximum absolute atomic E-state index is 11.0. The number of rotatable bonds is 4. The third kappa shape index (κ3) is 2.93. The Morgan fingerprint density at radius 1 is 1.11 bits per heavy atom. The van der Waals surface area contributed by atoms with Crippen LogP contribution in [-0.2, 0) is 0 Å². The zero-order valence-electron chi connectivity index (χ0n) is 10.3. The van der Waals surface area contributed by atoms with Crippen molar-refractivity contribution < 1.29 is 9.53 Å². The van der Waals surface area contributed by atoms with E-state index in [-0.39, 0.29) is 0 Å². The standard InChI is InChI=1S/C15H14O2S/c1-11-3-7-14(8-4-11)18-15-9-13(17-2)6-5-12(15)10-16/h3-10H,1-2H3. The van der Waals surface area contributed by atoms with Crippen LogP contribution in [0.1, 0.15) is 15.9 Å². The van der Waals surface area contributed by atoms with E-state index in [9.17, 15) is 4.79 Å². The summed E-state index contributed by atoms with van der Waals surface area (Å²) in [6.07, 6.45) is 0.871. The molecule has 2 rings (SSSR count). The molecule has 0 bridgehead atoms. The molecule has 0 radical (unpaired) electrons. The minimum Gasteiger partial charge on any atom is -0.497 e. The summed E-state index contributed by atoms with van der Waals surface area (Å²) in [5.41, 5.74) is 1.90. The Kier molecular flexibility index (Phi) is 4.05. The summed E-state index contributed by atoms with van der Waals surface area (Å²) in [4.78, 5) is 13.0. The quantitative estimate of drug-likeness (QED) is 0.776. The van der Waals surface area contributed by atoms with Crippen molar-refractivity contribution >= 4 is 18.0 Å². The number of methoxy groups -OCH3 is 1. The van der Waals surface area contributed by atoms with Gasteiger partial charge in [-0.25, -0.2) is 0 Å². The van der Waals surface area contributed by atoms with Crippen LogP contribution in [-0.4, -0.2) is 13.4 Å². The van der Waals surface area contributed by atoms with Crippen LogP contribution in [0.4, 0.5) is 0 Å². The molecule has 2 aromatic rings. The summed E-state index contributed by atoms with van der Waals surface area (Å²) in [5, 5.41) is 0. The molecule has 2 aromatic carbocycles. The molecule has 0 atom stereocenters. The first-order chi connectivity index (χ1) is 8.72. The normalized spacial score (nSPS) is 10.1. The van der Waals surface area contributed by atoms with Crippen molar-refractivity contribution in [2.24, 2.45) is 0 Å². The van der Waals surface area contributed by atoms with Crippen molar-refractivity contribution in [1.82, 2.24) is 0 Å². The second-order valence-corrected chi connectivity index (χ2v) is 5.05. The van der Waals surface area contributed by atoms with Crippen molar-refractivity contribution in [3.63, 3.8) is 0 Å². The highest BCUT2D eigenvalue weighted by atomic mass is 32.2. The molecule has 2 nitrogen and oxygen atoms in total. The predicted octanol–water partition coefficient (Wildman–Crippen LogP) is 3.97. The van der Waals surface area contributed by atoms with Crippen LogP contribution in [0.15, 0.2) is 52.3 Å². The largest absolute Gasteiger partial charge is 0.497 e. The first kappa shape index (κ1) is 12.7. The van der Waals surface area contributed by atoms with Gasteiger partial charge < -0.3 is 4.74 Å². The van der Waals surface area contributed by atoms with Gasteiger partial charge in [-0.05, 0) is 37.3 Å². The number of hydrogen-bond donors (Lipinski definition) is 0. The van der Waals surface area contributed by atoms with E-state index >= 15 is 0 Å². The van der Waals surface area contributed by atoms with Gasteiger partial charge in [-0.1, -0.05) is 29.5 Å². The maximum Gasteiger partial charge on any atom is 0.151 e. The molecule has 0 saturated heterocycles. The molecule has 0 aliphatic heterocycles. The maximum atomic E-state index is 11.0. The molecule has 0 heterocycles. The fourth-order valence-electron chi connectivity index (χ4n) is 1.56. The molecule has 3 heteroatoms. The summed E-state index contributed by atoms with van der Waals surface area (Å²) in [7, 11) is 1.62. The van der Waals surface area contributed by atoms with Gasteiger partial charge in [0.15, 0.2) is 6.29 Å². The fraction of sp³-hybridized carbons (Fsp3) is 0.133. The number of hydrogen-bond acceptors (Lipinski definition) is 3. The van der Waals surface area contributed by atoms with Crippen LogP contribution in [0.25, 0.3) is 0 Å². The number of aldehydes is 1. The van der Waals surface area contributed by atoms with Gasteiger partial charge in [0.2, 0.25) is 0 Å². The van der Waals surface area contributed by atoms with E-state index in [4.69, 9.17) is 4.74 Å². The Morgan fingerprint density at radius 2 is 1.83 bits per heavy atom. The van der Waals surface area contributed by atoms with Gasteiger partial charge in [0.05, 0.1) is 7.11 Å². The van der Waals surface area contributed by atoms with Crippen LogP contribution in [0, 0.1) is 6.92 Å². The van der Waals surface area contributed by atoms with E-state index in [1.165, 1.54) is 5.56 Å². The lowest BCUT2D eigenvalue weighted by Crippen LogP contribution is -1.88. The third-order valence-corrected chi connectivity index (χ3v) is 3.68. The summed E-state index contributed by atoms with van der Waals surface area (Å²) in [6, 6.07) is 13.7. The van der Waals surface area contributed by atoms with Crippen molar-refractivity contribution in [3.05, 3.63) is 53.6 Å². The number of benzene rings is 2. The van der Waals surface area contributed by atoms with E-state index < -0.39 is 0 Å². The van der Waals surface area contributed by atoms with Gasteiger partial charge in [-0.2, -0.15) is 0 Å². The van der Waals surface area contributed by atoms with E-state index in [1.54, 1.807) is 31.0 Å². The highest BCUT2D eigenvalue weighted by Gasteiger charge is 2.05. The molecule has 0 unspecified atom stereocenters. The Bertz CT molecular complexity index is 547. The molecule has 0 spiro atoms. The van der Waals surface area contributed by atoms with Crippen LogP contribution in [0.3, 0.4) is 0 Å². The van der Waals surface area contributed by atoms with E-state index in [0.29, 0.717) is 5.56 Å². The molecule has 0 aliphatic rings. The van der Waals surface area contributed by atoms with Crippen LogP contribution in [0.2, 0.25) is 0 Å². The molecule has 92 valence electrons. The molecule has 0 aromatic heterocycles. The summed E-state index contributed by atoms with van der Waals surface area (Å²) >= 11 is 1.57. The van der Waals surface area contributed by atoms with E-state index in [1.807, 2.05) is 18.2 Å². The van der Waals surface area contributed by atoms with E-state index in [0.717, 1.165) is 21.8 Å². The minimum absolute atomic E-state index is 0.682. The number of carbonyl (C=O) groups excluding carboxylic acids is 1. The molecular weight excluding hydrogens is 244 g/mol. The van der Waals surface area contributed by atoms with Gasteiger partial charge in [-0.3, -0.25) is 4.79 Å². The Hall–Kier alpha value is -1.74. The first-order valence-corrected chi connectivity index (χ1v) is 6.42. The monoisotopic (exact) mass is 258 g/mol. The number of ether oxygens (including phenoxy) is 1. The molecule has 0 saturated carbocycles. The fourth-order valence-corrected chi connectivity index (χ4v) is 2.50. The Morgan fingerprint density at radius 3 is 2.44 bits per heavy atom. The van der Waals surface area contributed by atoms with Crippen molar-refractivity contribution in [2.75, 3.05) is 7.11 Å². The molecule has 18 heavy (non-hydrogen) atoms. The third-order valence-electron chi connectivity index (χ3n) is 2.60. The topological polar surface area (TPSA) is 26.3 Å². The molecule has 0 N–H and O–H groups in total. The summed E-state index contributed by atoms with van der Waals surface area (Å²) in [6.45, 7) is 2.05. The Labute approximate surface area is 111 Å².